The Balaban J connectivity index is 0.00000261. The van der Waals surface area contributed by atoms with Crippen LogP contribution in [-0.2, 0) is 16.0 Å². The zero-order valence-electron chi connectivity index (χ0n) is 16.2. The normalized spacial score (nSPS) is 22.1. The van der Waals surface area contributed by atoms with Gasteiger partial charge in [0.2, 0.25) is 11.8 Å². The predicted molar refractivity (Wildman–Crippen MR) is 110 cm³/mol. The predicted octanol–water partition coefficient (Wildman–Crippen LogP) is 2.48. The van der Waals surface area contributed by atoms with Gasteiger partial charge < -0.3 is 15.5 Å². The van der Waals surface area contributed by atoms with Crippen LogP contribution < -0.4 is 5.73 Å². The standard InChI is InChI=1S/C21H31N3O2.ClH/c1-16-6-5-11-24(15-16)20(25)18-9-12-23(13-10-18)21(26)19(22)14-17-7-3-2-4-8-17;/h2-4,7-8,16,18-19H,5-6,9-15,22H2,1H3;1H. The maximum absolute atomic E-state index is 12.7. The van der Waals surface area contributed by atoms with E-state index in [2.05, 4.69) is 6.92 Å². The quantitative estimate of drug-likeness (QED) is 0.854. The molecule has 6 heteroatoms. The van der Waals surface area contributed by atoms with Crippen LogP contribution in [0.4, 0.5) is 0 Å². The van der Waals surface area contributed by atoms with Gasteiger partial charge in [0.25, 0.3) is 0 Å². The molecule has 150 valence electrons. The van der Waals surface area contributed by atoms with Gasteiger partial charge >= 0.3 is 0 Å². The number of hydrogen-bond acceptors (Lipinski definition) is 3. The second kappa shape index (κ2) is 10.1. The first-order chi connectivity index (χ1) is 12.5. The number of nitrogens with two attached hydrogens (primary N) is 1. The highest BCUT2D eigenvalue weighted by Gasteiger charge is 2.32. The summed E-state index contributed by atoms with van der Waals surface area (Å²) >= 11 is 0. The summed E-state index contributed by atoms with van der Waals surface area (Å²) in [6, 6.07) is 9.38. The molecule has 2 atom stereocenters. The van der Waals surface area contributed by atoms with Crippen molar-refractivity contribution in [3.63, 3.8) is 0 Å². The first kappa shape index (κ1) is 21.7. The minimum atomic E-state index is -0.507. The molecule has 2 aliphatic heterocycles. The summed E-state index contributed by atoms with van der Waals surface area (Å²) in [6.07, 6.45) is 4.40. The fourth-order valence-corrected chi connectivity index (χ4v) is 4.18. The lowest BCUT2D eigenvalue weighted by molar-refractivity contribution is -0.142. The second-order valence-corrected chi connectivity index (χ2v) is 7.93. The van der Waals surface area contributed by atoms with Crippen molar-refractivity contribution < 1.29 is 9.59 Å². The third-order valence-electron chi connectivity index (χ3n) is 5.74. The molecule has 2 unspecified atom stereocenters. The van der Waals surface area contributed by atoms with E-state index in [0.29, 0.717) is 25.4 Å². The number of hydrogen-bond donors (Lipinski definition) is 1. The van der Waals surface area contributed by atoms with Crippen LogP contribution in [0.3, 0.4) is 0 Å². The van der Waals surface area contributed by atoms with Crippen LogP contribution in [0.25, 0.3) is 0 Å². The molecule has 1 aromatic carbocycles. The van der Waals surface area contributed by atoms with Crippen LogP contribution >= 0.6 is 12.4 Å². The highest BCUT2D eigenvalue weighted by atomic mass is 35.5. The Kier molecular flexibility index (Phi) is 8.11. The summed E-state index contributed by atoms with van der Waals surface area (Å²) in [7, 11) is 0. The maximum atomic E-state index is 12.7. The molecule has 2 fully saturated rings. The number of benzene rings is 1. The van der Waals surface area contributed by atoms with E-state index < -0.39 is 6.04 Å². The topological polar surface area (TPSA) is 66.6 Å². The van der Waals surface area contributed by atoms with Crippen molar-refractivity contribution in [1.29, 1.82) is 0 Å². The molecule has 1 aromatic rings. The van der Waals surface area contributed by atoms with Crippen molar-refractivity contribution in [2.45, 2.75) is 45.1 Å². The van der Waals surface area contributed by atoms with Gasteiger partial charge in [-0.25, -0.2) is 0 Å². The van der Waals surface area contributed by atoms with Gasteiger partial charge in [-0.05, 0) is 43.6 Å². The number of piperidine rings is 2. The van der Waals surface area contributed by atoms with Crippen LogP contribution in [0.15, 0.2) is 30.3 Å². The summed E-state index contributed by atoms with van der Waals surface area (Å²) in [5, 5.41) is 0. The highest BCUT2D eigenvalue weighted by Crippen LogP contribution is 2.24. The molecule has 2 amide bonds. The second-order valence-electron chi connectivity index (χ2n) is 7.93. The molecule has 27 heavy (non-hydrogen) atoms. The third kappa shape index (κ3) is 5.69. The molecule has 0 radical (unpaired) electrons. The Morgan fingerprint density at radius 1 is 1.07 bits per heavy atom. The number of halogens is 1. The SMILES string of the molecule is CC1CCCN(C(=O)C2CCN(C(=O)C(N)Cc3ccccc3)CC2)C1.Cl. The molecular weight excluding hydrogens is 362 g/mol. The summed E-state index contributed by atoms with van der Waals surface area (Å²) in [5.41, 5.74) is 7.22. The zero-order chi connectivity index (χ0) is 18.5. The fraction of sp³-hybridized carbons (Fsp3) is 0.619. The van der Waals surface area contributed by atoms with Crippen molar-refractivity contribution in [3.8, 4) is 0 Å². The van der Waals surface area contributed by atoms with Crippen LogP contribution in [0.2, 0.25) is 0 Å². The van der Waals surface area contributed by atoms with Gasteiger partial charge in [0.05, 0.1) is 6.04 Å². The van der Waals surface area contributed by atoms with E-state index in [9.17, 15) is 9.59 Å². The van der Waals surface area contributed by atoms with Gasteiger partial charge in [0.15, 0.2) is 0 Å². The Bertz CT molecular complexity index is 617. The highest BCUT2D eigenvalue weighted by molar-refractivity contribution is 5.85. The smallest absolute Gasteiger partial charge is 0.239 e. The van der Waals surface area contributed by atoms with Crippen LogP contribution in [0.5, 0.6) is 0 Å². The Morgan fingerprint density at radius 3 is 2.37 bits per heavy atom. The number of rotatable bonds is 4. The lowest BCUT2D eigenvalue weighted by Gasteiger charge is -2.37. The minimum absolute atomic E-state index is 0. The molecule has 2 N–H and O–H groups in total. The van der Waals surface area contributed by atoms with Crippen molar-refractivity contribution in [2.24, 2.45) is 17.6 Å². The van der Waals surface area contributed by atoms with Crippen molar-refractivity contribution in [1.82, 2.24) is 9.80 Å². The molecule has 0 aliphatic carbocycles. The van der Waals surface area contributed by atoms with E-state index in [0.717, 1.165) is 37.9 Å². The lowest BCUT2D eigenvalue weighted by atomic mass is 9.92. The van der Waals surface area contributed by atoms with Crippen LogP contribution in [0, 0.1) is 11.8 Å². The molecule has 0 aromatic heterocycles. The summed E-state index contributed by atoms with van der Waals surface area (Å²) < 4.78 is 0. The molecule has 2 aliphatic rings. The van der Waals surface area contributed by atoms with Gasteiger partial charge in [-0.15, -0.1) is 12.4 Å². The van der Waals surface area contributed by atoms with E-state index in [1.54, 1.807) is 0 Å². The third-order valence-corrected chi connectivity index (χ3v) is 5.74. The van der Waals surface area contributed by atoms with Crippen LogP contribution in [-0.4, -0.2) is 53.8 Å². The summed E-state index contributed by atoms with van der Waals surface area (Å²) in [6.45, 7) is 5.28. The van der Waals surface area contributed by atoms with Gasteiger partial charge in [0.1, 0.15) is 0 Å². The summed E-state index contributed by atoms with van der Waals surface area (Å²) in [4.78, 5) is 29.3. The first-order valence-corrected chi connectivity index (χ1v) is 9.91. The Labute approximate surface area is 168 Å². The van der Waals surface area contributed by atoms with Crippen LogP contribution in [0.1, 0.15) is 38.2 Å². The number of likely N-dealkylation sites (tertiary alicyclic amines) is 2. The fourth-order valence-electron chi connectivity index (χ4n) is 4.18. The lowest BCUT2D eigenvalue weighted by Crippen LogP contribution is -2.50. The maximum Gasteiger partial charge on any atom is 0.239 e. The van der Waals surface area contributed by atoms with Crippen molar-refractivity contribution in [2.75, 3.05) is 26.2 Å². The van der Waals surface area contributed by atoms with E-state index in [-0.39, 0.29) is 30.1 Å². The number of nitrogens with zero attached hydrogens (tertiary/aromatic N) is 2. The molecule has 0 bridgehead atoms. The van der Waals surface area contributed by atoms with Gasteiger partial charge in [-0.1, -0.05) is 37.3 Å². The molecule has 5 nitrogen and oxygen atoms in total. The van der Waals surface area contributed by atoms with E-state index in [4.69, 9.17) is 5.73 Å². The zero-order valence-corrected chi connectivity index (χ0v) is 17.0. The van der Waals surface area contributed by atoms with Gasteiger partial charge in [-0.2, -0.15) is 0 Å². The first-order valence-electron chi connectivity index (χ1n) is 9.91. The Hall–Kier alpha value is -1.59. The van der Waals surface area contributed by atoms with E-state index in [1.807, 2.05) is 40.1 Å². The largest absolute Gasteiger partial charge is 0.342 e. The molecule has 2 heterocycles. The molecular formula is C21H32ClN3O2. The average molecular weight is 394 g/mol. The average Bonchev–Trinajstić information content (AvgIpc) is 2.67. The Morgan fingerprint density at radius 2 is 1.74 bits per heavy atom. The van der Waals surface area contributed by atoms with Crippen molar-refractivity contribution >= 4 is 24.2 Å². The summed E-state index contributed by atoms with van der Waals surface area (Å²) in [5.74, 6) is 0.962. The van der Waals surface area contributed by atoms with Crippen molar-refractivity contribution in [3.05, 3.63) is 35.9 Å². The molecule has 0 saturated carbocycles. The number of amides is 2. The van der Waals surface area contributed by atoms with Gasteiger partial charge in [-0.3, -0.25) is 9.59 Å². The number of carbonyl (C=O) groups is 2. The monoisotopic (exact) mass is 393 g/mol. The molecule has 2 saturated heterocycles. The molecule has 3 rings (SSSR count). The minimum Gasteiger partial charge on any atom is -0.342 e. The van der Waals surface area contributed by atoms with E-state index in [1.165, 1.54) is 6.42 Å². The number of carbonyl (C=O) groups excluding carboxylic acids is 2. The van der Waals surface area contributed by atoms with Gasteiger partial charge in [0, 0.05) is 32.1 Å². The molecule has 0 spiro atoms. The van der Waals surface area contributed by atoms with E-state index >= 15 is 0 Å².